The second-order valence-corrected chi connectivity index (χ2v) is 7.38. The number of nitrogens with zero attached hydrogens (tertiary/aromatic N) is 2. The Morgan fingerprint density at radius 3 is 2.23 bits per heavy atom. The Morgan fingerprint density at radius 2 is 1.60 bits per heavy atom. The molecule has 0 radical (unpaired) electrons. The topological polar surface area (TPSA) is 152 Å². The number of esters is 1. The van der Waals surface area contributed by atoms with Crippen molar-refractivity contribution in [1.82, 2.24) is 0 Å². The first kappa shape index (κ1) is 23.1. The molecule has 0 N–H and O–H groups in total. The third-order valence-electron chi connectivity index (χ3n) is 5.34. The Bertz CT molecular complexity index is 1540. The maximum Gasteiger partial charge on any atom is 0.344 e. The van der Waals surface area contributed by atoms with Gasteiger partial charge in [-0.2, -0.15) is 0 Å². The van der Waals surface area contributed by atoms with Crippen LogP contribution in [0, 0.1) is 27.2 Å². The van der Waals surface area contributed by atoms with Crippen molar-refractivity contribution < 1.29 is 28.5 Å². The van der Waals surface area contributed by atoms with Gasteiger partial charge in [-0.1, -0.05) is 18.2 Å². The van der Waals surface area contributed by atoms with E-state index >= 15 is 0 Å². The van der Waals surface area contributed by atoms with Crippen LogP contribution in [-0.4, -0.2) is 22.9 Å². The SMILES string of the molecule is COc1ccccc1-c1coc2cc(OC(=O)c3cc([N+](=O)[O-])c(C)c([N+](=O)[O-])c3)ccc2c1=O. The maximum absolute atomic E-state index is 13.0. The molecule has 0 spiro atoms. The second kappa shape index (κ2) is 9.06. The second-order valence-electron chi connectivity index (χ2n) is 7.38. The number of hydrogen-bond acceptors (Lipinski definition) is 9. The van der Waals surface area contributed by atoms with Gasteiger partial charge in [-0.3, -0.25) is 25.0 Å². The number of benzene rings is 3. The number of hydrogen-bond donors (Lipinski definition) is 0. The van der Waals surface area contributed by atoms with Crippen LogP contribution in [0.25, 0.3) is 22.1 Å². The first-order valence-corrected chi connectivity index (χ1v) is 10.1. The molecule has 11 heteroatoms. The quantitative estimate of drug-likeness (QED) is 0.165. The maximum atomic E-state index is 13.0. The van der Waals surface area contributed by atoms with Gasteiger partial charge in [0.25, 0.3) is 11.4 Å². The minimum Gasteiger partial charge on any atom is -0.496 e. The smallest absolute Gasteiger partial charge is 0.344 e. The molecule has 0 fully saturated rings. The summed E-state index contributed by atoms with van der Waals surface area (Å²) in [5.74, 6) is -0.587. The zero-order valence-electron chi connectivity index (χ0n) is 18.3. The summed E-state index contributed by atoms with van der Waals surface area (Å²) in [5, 5.41) is 22.7. The highest BCUT2D eigenvalue weighted by Gasteiger charge is 2.26. The summed E-state index contributed by atoms with van der Waals surface area (Å²) >= 11 is 0. The van der Waals surface area contributed by atoms with Gasteiger partial charge in [0.15, 0.2) is 0 Å². The van der Waals surface area contributed by atoms with Gasteiger partial charge >= 0.3 is 5.97 Å². The fourth-order valence-corrected chi connectivity index (χ4v) is 3.57. The number of nitro groups is 2. The van der Waals surface area contributed by atoms with Gasteiger partial charge in [-0.05, 0) is 25.1 Å². The number of ether oxygens (including phenoxy) is 2. The summed E-state index contributed by atoms with van der Waals surface area (Å²) in [6, 6.07) is 12.8. The van der Waals surface area contributed by atoms with Crippen LogP contribution in [0.1, 0.15) is 15.9 Å². The molecule has 0 aliphatic rings. The monoisotopic (exact) mass is 476 g/mol. The van der Waals surface area contributed by atoms with E-state index in [9.17, 15) is 29.8 Å². The lowest BCUT2D eigenvalue weighted by Crippen LogP contribution is -2.11. The molecule has 0 aliphatic heterocycles. The standard InChI is InChI=1S/C24H16N2O9/c1-13-19(25(29)30)9-14(10-20(13)26(31)32)24(28)35-15-7-8-17-22(11-15)34-12-18(23(17)27)16-5-3-4-6-21(16)33-2/h3-12H,1-2H3. The average molecular weight is 476 g/mol. The third kappa shape index (κ3) is 4.29. The van der Waals surface area contributed by atoms with Crippen LogP contribution in [0.15, 0.2) is 70.1 Å². The van der Waals surface area contributed by atoms with Gasteiger partial charge in [-0.15, -0.1) is 0 Å². The van der Waals surface area contributed by atoms with E-state index in [1.54, 1.807) is 24.3 Å². The van der Waals surface area contributed by atoms with Crippen LogP contribution in [-0.2, 0) is 0 Å². The van der Waals surface area contributed by atoms with Gasteiger partial charge in [-0.25, -0.2) is 4.79 Å². The minimum atomic E-state index is -1.05. The van der Waals surface area contributed by atoms with E-state index in [0.29, 0.717) is 11.3 Å². The Morgan fingerprint density at radius 1 is 0.943 bits per heavy atom. The van der Waals surface area contributed by atoms with Crippen LogP contribution in [0.3, 0.4) is 0 Å². The molecule has 11 nitrogen and oxygen atoms in total. The van der Waals surface area contributed by atoms with E-state index in [2.05, 4.69) is 0 Å². The largest absolute Gasteiger partial charge is 0.496 e. The van der Waals surface area contributed by atoms with Crippen LogP contribution >= 0.6 is 0 Å². The molecule has 1 heterocycles. The number of para-hydroxylation sites is 1. The molecule has 0 unspecified atom stereocenters. The fraction of sp³-hybridized carbons (Fsp3) is 0.0833. The highest BCUT2D eigenvalue weighted by Crippen LogP contribution is 2.31. The Balaban J connectivity index is 1.70. The first-order valence-electron chi connectivity index (χ1n) is 10.1. The number of rotatable bonds is 6. The van der Waals surface area contributed by atoms with Crippen molar-refractivity contribution >= 4 is 28.3 Å². The zero-order valence-corrected chi connectivity index (χ0v) is 18.3. The molecule has 4 aromatic rings. The Labute approximate surface area is 196 Å². The van der Waals surface area contributed by atoms with E-state index in [1.807, 2.05) is 0 Å². The first-order chi connectivity index (χ1) is 16.7. The molecule has 0 amide bonds. The summed E-state index contributed by atoms with van der Waals surface area (Å²) in [6.45, 7) is 1.22. The zero-order chi connectivity index (χ0) is 25.3. The lowest BCUT2D eigenvalue weighted by molar-refractivity contribution is -0.395. The molecule has 0 aliphatic carbocycles. The number of methoxy groups -OCH3 is 1. The molecule has 0 atom stereocenters. The molecule has 0 bridgehead atoms. The van der Waals surface area contributed by atoms with Crippen LogP contribution in [0.4, 0.5) is 11.4 Å². The Kier molecular flexibility index (Phi) is 5.98. The molecule has 0 saturated carbocycles. The predicted molar refractivity (Wildman–Crippen MR) is 124 cm³/mol. The van der Waals surface area contributed by atoms with Crippen molar-refractivity contribution in [3.63, 3.8) is 0 Å². The predicted octanol–water partition coefficient (Wildman–Crippen LogP) is 4.81. The van der Waals surface area contributed by atoms with Gasteiger partial charge in [0.1, 0.15) is 28.9 Å². The Hall–Kier alpha value is -5.06. The molecular weight excluding hydrogens is 460 g/mol. The fourth-order valence-electron chi connectivity index (χ4n) is 3.57. The third-order valence-corrected chi connectivity index (χ3v) is 5.34. The summed E-state index contributed by atoms with van der Waals surface area (Å²) in [6.07, 6.45) is 1.26. The number of fused-ring (bicyclic) bond motifs is 1. The lowest BCUT2D eigenvalue weighted by Gasteiger charge is -2.09. The van der Waals surface area contributed by atoms with Crippen molar-refractivity contribution in [2.75, 3.05) is 7.11 Å². The normalized spacial score (nSPS) is 10.7. The minimum absolute atomic E-state index is 0.0263. The van der Waals surface area contributed by atoms with Crippen LogP contribution in [0.5, 0.6) is 11.5 Å². The van der Waals surface area contributed by atoms with Gasteiger partial charge in [0.05, 0.1) is 33.5 Å². The highest BCUT2D eigenvalue weighted by molar-refractivity contribution is 5.93. The van der Waals surface area contributed by atoms with Gasteiger partial charge in [0, 0.05) is 23.8 Å². The number of carbonyl (C=O) groups is 1. The molecule has 176 valence electrons. The van der Waals surface area contributed by atoms with Crippen LogP contribution < -0.4 is 14.9 Å². The highest BCUT2D eigenvalue weighted by atomic mass is 16.6. The lowest BCUT2D eigenvalue weighted by atomic mass is 10.0. The number of nitro benzene ring substituents is 2. The van der Waals surface area contributed by atoms with Gasteiger partial charge in [0.2, 0.25) is 5.43 Å². The van der Waals surface area contributed by atoms with E-state index in [4.69, 9.17) is 13.9 Å². The molecule has 1 aromatic heterocycles. The summed E-state index contributed by atoms with van der Waals surface area (Å²) in [5.41, 5.74) is -1.11. The van der Waals surface area contributed by atoms with Crippen molar-refractivity contribution in [3.8, 4) is 22.6 Å². The molecule has 35 heavy (non-hydrogen) atoms. The van der Waals surface area contributed by atoms with E-state index < -0.39 is 27.2 Å². The molecule has 4 rings (SSSR count). The molecular formula is C24H16N2O9. The molecule has 0 saturated heterocycles. The van der Waals surface area contributed by atoms with Crippen molar-refractivity contribution in [2.45, 2.75) is 6.92 Å². The number of carbonyl (C=O) groups excluding carboxylic acids is 1. The van der Waals surface area contributed by atoms with E-state index in [1.165, 1.54) is 38.5 Å². The van der Waals surface area contributed by atoms with E-state index in [-0.39, 0.29) is 38.8 Å². The summed E-state index contributed by atoms with van der Waals surface area (Å²) < 4.78 is 16.1. The summed E-state index contributed by atoms with van der Waals surface area (Å²) in [7, 11) is 1.49. The summed E-state index contributed by atoms with van der Waals surface area (Å²) in [4.78, 5) is 46.5. The average Bonchev–Trinajstić information content (AvgIpc) is 2.84. The van der Waals surface area contributed by atoms with Crippen molar-refractivity contribution in [1.29, 1.82) is 0 Å². The van der Waals surface area contributed by atoms with E-state index in [0.717, 1.165) is 12.1 Å². The molecule has 3 aromatic carbocycles. The van der Waals surface area contributed by atoms with Crippen LogP contribution in [0.2, 0.25) is 0 Å². The van der Waals surface area contributed by atoms with Crippen molar-refractivity contribution in [2.24, 2.45) is 0 Å². The van der Waals surface area contributed by atoms with Crippen molar-refractivity contribution in [3.05, 3.63) is 102 Å². The van der Waals surface area contributed by atoms with Gasteiger partial charge < -0.3 is 13.9 Å².